The molecule has 1 aliphatic heterocycles. The van der Waals surface area contributed by atoms with Gasteiger partial charge in [0, 0.05) is 12.7 Å². The van der Waals surface area contributed by atoms with Gasteiger partial charge in [-0.05, 0) is 60.9 Å². The molecule has 2 heterocycles. The lowest BCUT2D eigenvalue weighted by Crippen LogP contribution is -2.43. The second kappa shape index (κ2) is 7.65. The number of fused-ring (bicyclic) bond motifs is 1. The van der Waals surface area contributed by atoms with Crippen molar-refractivity contribution < 1.29 is 4.79 Å². The summed E-state index contributed by atoms with van der Waals surface area (Å²) < 4.78 is 0. The van der Waals surface area contributed by atoms with Crippen LogP contribution in [0.1, 0.15) is 30.5 Å². The number of aliphatic imine (C=N–C) groups is 1. The van der Waals surface area contributed by atoms with Crippen LogP contribution < -0.4 is 5.73 Å². The van der Waals surface area contributed by atoms with E-state index in [-0.39, 0.29) is 5.91 Å². The van der Waals surface area contributed by atoms with Gasteiger partial charge >= 0.3 is 0 Å². The smallest absolute Gasteiger partial charge is 0.265 e. The van der Waals surface area contributed by atoms with Crippen LogP contribution in [0, 0.1) is 11.8 Å². The number of carbonyl (C=O) groups is 1. The fourth-order valence-electron chi connectivity index (χ4n) is 4.58. The zero-order valence-electron chi connectivity index (χ0n) is 16.9. The van der Waals surface area contributed by atoms with Gasteiger partial charge in [-0.15, -0.1) is 0 Å². The summed E-state index contributed by atoms with van der Waals surface area (Å²) in [6.07, 6.45) is 11.2. The molecule has 2 N–H and O–H groups in total. The fourth-order valence-corrected chi connectivity index (χ4v) is 4.58. The second-order valence-electron chi connectivity index (χ2n) is 8.21. The number of aromatic nitrogens is 1. The molecule has 5 heteroatoms. The van der Waals surface area contributed by atoms with Crippen LogP contribution in [-0.2, 0) is 10.3 Å². The summed E-state index contributed by atoms with van der Waals surface area (Å²) in [7, 11) is 0. The predicted octanol–water partition coefficient (Wildman–Crippen LogP) is 3.44. The first-order valence-electron chi connectivity index (χ1n) is 10.7. The third kappa shape index (κ3) is 3.10. The Morgan fingerprint density at radius 1 is 1.10 bits per heavy atom. The van der Waals surface area contributed by atoms with Crippen molar-refractivity contribution in [1.82, 2.24) is 9.88 Å². The van der Waals surface area contributed by atoms with Gasteiger partial charge in [-0.2, -0.15) is 0 Å². The number of benzene rings is 1. The highest BCUT2D eigenvalue weighted by molar-refractivity contribution is 6.16. The number of nitrogens with zero attached hydrogens (tertiary/aromatic N) is 3. The predicted molar refractivity (Wildman–Crippen MR) is 118 cm³/mol. The van der Waals surface area contributed by atoms with Gasteiger partial charge in [-0.3, -0.25) is 14.7 Å². The molecule has 1 amide bonds. The largest absolute Gasteiger partial charge is 0.330 e. The Balaban J connectivity index is 1.70. The minimum Gasteiger partial charge on any atom is -0.330 e. The molecule has 152 valence electrons. The summed E-state index contributed by atoms with van der Waals surface area (Å²) in [4.78, 5) is 25.6. The molecule has 5 rings (SSSR count). The van der Waals surface area contributed by atoms with Crippen molar-refractivity contribution >= 4 is 11.7 Å². The average Bonchev–Trinajstić information content (AvgIpc) is 3.50. The SMILES string of the molecule is NCCCN1C(=O)C(C2=CC3CC3C=CC2)(c2ccccc2)N=C1c1ccccn1. The normalized spacial score (nSPS) is 27.4. The molecular weight excluding hydrogens is 372 g/mol. The van der Waals surface area contributed by atoms with Gasteiger partial charge in [0.1, 0.15) is 5.69 Å². The van der Waals surface area contributed by atoms with E-state index in [0.29, 0.717) is 37.2 Å². The van der Waals surface area contributed by atoms with Gasteiger partial charge in [-0.1, -0.05) is 54.6 Å². The van der Waals surface area contributed by atoms with E-state index in [2.05, 4.69) is 23.2 Å². The van der Waals surface area contributed by atoms with Crippen LogP contribution in [0.4, 0.5) is 0 Å². The fraction of sp³-hybridized carbons (Fsp3) is 0.320. The van der Waals surface area contributed by atoms with E-state index in [9.17, 15) is 4.79 Å². The maximum atomic E-state index is 14.1. The summed E-state index contributed by atoms with van der Waals surface area (Å²) in [6, 6.07) is 15.7. The van der Waals surface area contributed by atoms with Crippen LogP contribution in [-0.4, -0.2) is 34.7 Å². The van der Waals surface area contributed by atoms with Crippen LogP contribution in [0.5, 0.6) is 0 Å². The van der Waals surface area contributed by atoms with Crippen molar-refractivity contribution in [3.8, 4) is 0 Å². The van der Waals surface area contributed by atoms with E-state index < -0.39 is 5.54 Å². The first kappa shape index (κ1) is 18.9. The number of hydrogen-bond donors (Lipinski definition) is 1. The molecule has 1 aromatic carbocycles. The molecule has 30 heavy (non-hydrogen) atoms. The van der Waals surface area contributed by atoms with E-state index in [4.69, 9.17) is 10.7 Å². The number of rotatable bonds is 6. The second-order valence-corrected chi connectivity index (χ2v) is 8.21. The molecule has 3 unspecified atom stereocenters. The van der Waals surface area contributed by atoms with Crippen LogP contribution in [0.15, 0.2) is 83.5 Å². The molecule has 1 aromatic heterocycles. The quantitative estimate of drug-likeness (QED) is 0.758. The minimum atomic E-state index is -1.04. The lowest BCUT2D eigenvalue weighted by molar-refractivity contribution is -0.130. The first-order valence-corrected chi connectivity index (χ1v) is 10.7. The van der Waals surface area contributed by atoms with Gasteiger partial charge in [-0.25, -0.2) is 4.99 Å². The van der Waals surface area contributed by atoms with Gasteiger partial charge in [0.15, 0.2) is 11.4 Å². The van der Waals surface area contributed by atoms with Crippen LogP contribution in [0.2, 0.25) is 0 Å². The molecular formula is C25H26N4O. The van der Waals surface area contributed by atoms with Crippen molar-refractivity contribution in [2.75, 3.05) is 13.1 Å². The van der Waals surface area contributed by atoms with Crippen LogP contribution in [0.25, 0.3) is 0 Å². The highest BCUT2D eigenvalue weighted by Gasteiger charge is 2.53. The van der Waals surface area contributed by atoms with E-state index in [1.165, 1.54) is 0 Å². The molecule has 5 nitrogen and oxygen atoms in total. The molecule has 0 bridgehead atoms. The highest BCUT2D eigenvalue weighted by Crippen LogP contribution is 2.49. The number of amides is 1. The number of carbonyl (C=O) groups excluding carboxylic acids is 1. The van der Waals surface area contributed by atoms with Crippen molar-refractivity contribution in [2.45, 2.75) is 24.8 Å². The highest BCUT2D eigenvalue weighted by atomic mass is 16.2. The summed E-state index contributed by atoms with van der Waals surface area (Å²) in [6.45, 7) is 1.06. The molecule has 2 aliphatic carbocycles. The van der Waals surface area contributed by atoms with Gasteiger partial charge in [0.2, 0.25) is 0 Å². The zero-order chi connectivity index (χ0) is 20.6. The third-order valence-electron chi connectivity index (χ3n) is 6.25. The number of amidine groups is 1. The Morgan fingerprint density at radius 2 is 1.93 bits per heavy atom. The number of pyridine rings is 1. The van der Waals surface area contributed by atoms with E-state index in [1.807, 2.05) is 48.5 Å². The number of allylic oxidation sites excluding steroid dienone is 3. The molecule has 3 atom stereocenters. The number of nitrogens with two attached hydrogens (primary N) is 1. The van der Waals surface area contributed by atoms with Crippen molar-refractivity contribution in [2.24, 2.45) is 22.6 Å². The summed E-state index contributed by atoms with van der Waals surface area (Å²) >= 11 is 0. The van der Waals surface area contributed by atoms with Gasteiger partial charge in [0.05, 0.1) is 0 Å². The van der Waals surface area contributed by atoms with Gasteiger partial charge in [0.25, 0.3) is 5.91 Å². The lowest BCUT2D eigenvalue weighted by atomic mass is 9.80. The molecule has 2 aromatic rings. The molecule has 0 radical (unpaired) electrons. The Kier molecular flexibility index (Phi) is 4.83. The van der Waals surface area contributed by atoms with E-state index in [1.54, 1.807) is 11.1 Å². The van der Waals surface area contributed by atoms with Crippen molar-refractivity contribution in [3.63, 3.8) is 0 Å². The number of hydrogen-bond acceptors (Lipinski definition) is 4. The monoisotopic (exact) mass is 398 g/mol. The molecule has 3 aliphatic rings. The Morgan fingerprint density at radius 3 is 2.70 bits per heavy atom. The maximum Gasteiger partial charge on any atom is 0.265 e. The Bertz CT molecular complexity index is 1030. The Labute approximate surface area is 177 Å². The molecule has 0 spiro atoms. The topological polar surface area (TPSA) is 71.6 Å². The molecule has 1 saturated carbocycles. The molecule has 1 fully saturated rings. The maximum absolute atomic E-state index is 14.1. The van der Waals surface area contributed by atoms with E-state index in [0.717, 1.165) is 29.7 Å². The van der Waals surface area contributed by atoms with Crippen molar-refractivity contribution in [3.05, 3.63) is 89.8 Å². The Hall–Kier alpha value is -3.05. The van der Waals surface area contributed by atoms with Crippen molar-refractivity contribution in [1.29, 1.82) is 0 Å². The van der Waals surface area contributed by atoms with Gasteiger partial charge < -0.3 is 5.73 Å². The van der Waals surface area contributed by atoms with Crippen LogP contribution >= 0.6 is 0 Å². The average molecular weight is 399 g/mol. The standard InChI is InChI=1S/C25H26N4O/c26-13-7-15-29-23(22-12-4-5-14-27-22)28-25(24(29)30,20-9-2-1-3-10-20)21-11-6-8-18-16-19(18)17-21/h1-6,8-10,12,14,17-19H,7,11,13,15-16,26H2. The summed E-state index contributed by atoms with van der Waals surface area (Å²) in [5, 5.41) is 0. The van der Waals surface area contributed by atoms with Crippen LogP contribution in [0.3, 0.4) is 0 Å². The summed E-state index contributed by atoms with van der Waals surface area (Å²) in [5.74, 6) is 1.76. The minimum absolute atomic E-state index is 0.00144. The third-order valence-corrected chi connectivity index (χ3v) is 6.25. The summed E-state index contributed by atoms with van der Waals surface area (Å²) in [5.41, 5.74) is 7.46. The first-order chi connectivity index (χ1) is 14.7. The van der Waals surface area contributed by atoms with E-state index >= 15 is 0 Å². The molecule has 0 saturated heterocycles. The zero-order valence-corrected chi connectivity index (χ0v) is 16.9. The lowest BCUT2D eigenvalue weighted by Gasteiger charge is -2.29.